The molecule has 5 nitrogen and oxygen atoms in total. The molecule has 1 fully saturated rings. The fourth-order valence-electron chi connectivity index (χ4n) is 2.58. The van der Waals surface area contributed by atoms with Crippen molar-refractivity contribution in [2.45, 2.75) is 25.8 Å². The maximum absolute atomic E-state index is 12.4. The lowest BCUT2D eigenvalue weighted by atomic mass is 9.89. The van der Waals surface area contributed by atoms with Crippen LogP contribution in [-0.4, -0.2) is 24.3 Å². The minimum absolute atomic E-state index is 0.157. The van der Waals surface area contributed by atoms with Gasteiger partial charge in [-0.15, -0.1) is 0 Å². The van der Waals surface area contributed by atoms with Crippen LogP contribution in [0.4, 0.5) is 0 Å². The van der Waals surface area contributed by atoms with Crippen LogP contribution in [0.5, 0.6) is 5.75 Å². The molecule has 0 radical (unpaired) electrons. The van der Waals surface area contributed by atoms with E-state index in [1.165, 1.54) is 6.08 Å². The quantitative estimate of drug-likeness (QED) is 0.321. The molecule has 0 spiro atoms. The fraction of sp³-hybridized carbons (Fsp3) is 0.368. The predicted molar refractivity (Wildman–Crippen MR) is 102 cm³/mol. The molecule has 1 aliphatic rings. The average Bonchev–Trinajstić information content (AvgIpc) is 2.60. The van der Waals surface area contributed by atoms with Crippen LogP contribution in [0.3, 0.4) is 0 Å². The van der Waals surface area contributed by atoms with Crippen molar-refractivity contribution in [3.05, 3.63) is 54.8 Å². The van der Waals surface area contributed by atoms with Crippen LogP contribution in [0.2, 0.25) is 0 Å². The van der Waals surface area contributed by atoms with Gasteiger partial charge in [0.2, 0.25) is 0 Å². The van der Waals surface area contributed by atoms with Crippen LogP contribution in [0.25, 0.3) is 0 Å². The SMILES string of the molecule is C=CCOC(=O)[C@@H]1C(=C)NC(=S)N[C@H]1c1ccc(OCCCC)cc1. The lowest BCUT2D eigenvalue weighted by Crippen LogP contribution is -2.51. The topological polar surface area (TPSA) is 59.6 Å². The third kappa shape index (κ3) is 5.06. The number of esters is 1. The summed E-state index contributed by atoms with van der Waals surface area (Å²) in [6.07, 6.45) is 3.64. The second-order valence-corrected chi connectivity index (χ2v) is 6.18. The molecule has 0 bridgehead atoms. The molecule has 2 rings (SSSR count). The van der Waals surface area contributed by atoms with Gasteiger partial charge in [0.1, 0.15) is 18.3 Å². The summed E-state index contributed by atoms with van der Waals surface area (Å²) >= 11 is 5.21. The Bertz CT molecular complexity index is 643. The Hall–Kier alpha value is -2.34. The summed E-state index contributed by atoms with van der Waals surface area (Å²) in [5.41, 5.74) is 1.43. The molecule has 1 heterocycles. The normalized spacial score (nSPS) is 19.6. The highest BCUT2D eigenvalue weighted by molar-refractivity contribution is 7.80. The Morgan fingerprint density at radius 2 is 2.08 bits per heavy atom. The first-order chi connectivity index (χ1) is 12.1. The first-order valence-electron chi connectivity index (χ1n) is 8.33. The Balaban J connectivity index is 2.16. The van der Waals surface area contributed by atoms with Gasteiger partial charge >= 0.3 is 5.97 Å². The highest BCUT2D eigenvalue weighted by atomic mass is 32.1. The average molecular weight is 360 g/mol. The molecule has 0 saturated carbocycles. The van der Waals surface area contributed by atoms with Gasteiger partial charge in [0.15, 0.2) is 5.11 Å². The van der Waals surface area contributed by atoms with E-state index in [0.717, 1.165) is 24.2 Å². The van der Waals surface area contributed by atoms with Crippen molar-refractivity contribution < 1.29 is 14.3 Å². The smallest absolute Gasteiger partial charge is 0.317 e. The number of hydrogen-bond donors (Lipinski definition) is 2. The summed E-state index contributed by atoms with van der Waals surface area (Å²) in [6, 6.07) is 7.30. The zero-order valence-corrected chi connectivity index (χ0v) is 15.2. The maximum atomic E-state index is 12.4. The number of carbonyl (C=O) groups excluding carboxylic acids is 1. The molecule has 1 aromatic rings. The number of thiocarbonyl (C=S) groups is 1. The van der Waals surface area contributed by atoms with Crippen LogP contribution in [0, 0.1) is 5.92 Å². The second kappa shape index (κ2) is 9.22. The zero-order valence-electron chi connectivity index (χ0n) is 14.4. The standard InChI is InChI=1S/C19H24N2O3S/c1-4-6-12-23-15-9-7-14(8-10-15)17-16(18(22)24-11-5-2)13(3)20-19(25)21-17/h5,7-10,16-17H,2-4,6,11-12H2,1H3,(H2,20,21,25)/t16-,17+/m1/s1. The Labute approximate surface area is 154 Å². The Morgan fingerprint density at radius 1 is 1.36 bits per heavy atom. The van der Waals surface area contributed by atoms with Crippen LogP contribution in [0.1, 0.15) is 31.4 Å². The van der Waals surface area contributed by atoms with Crippen molar-refractivity contribution in [1.29, 1.82) is 0 Å². The van der Waals surface area contributed by atoms with E-state index in [-0.39, 0.29) is 18.6 Å². The van der Waals surface area contributed by atoms with Gasteiger partial charge < -0.3 is 20.1 Å². The molecular formula is C19H24N2O3S. The molecule has 1 saturated heterocycles. The number of ether oxygens (including phenoxy) is 2. The van der Waals surface area contributed by atoms with Crippen LogP contribution in [0.15, 0.2) is 49.2 Å². The van der Waals surface area contributed by atoms with Crippen molar-refractivity contribution in [2.24, 2.45) is 5.92 Å². The molecule has 6 heteroatoms. The van der Waals surface area contributed by atoms with E-state index in [4.69, 9.17) is 21.7 Å². The van der Waals surface area contributed by atoms with E-state index in [0.29, 0.717) is 17.4 Å². The molecule has 134 valence electrons. The Kier molecular flexibility index (Phi) is 7.01. The molecule has 1 aliphatic heterocycles. The third-order valence-electron chi connectivity index (χ3n) is 3.87. The second-order valence-electron chi connectivity index (χ2n) is 5.77. The van der Waals surface area contributed by atoms with E-state index < -0.39 is 5.92 Å². The Morgan fingerprint density at radius 3 is 2.72 bits per heavy atom. The molecule has 0 aliphatic carbocycles. The van der Waals surface area contributed by atoms with Crippen molar-refractivity contribution in [3.63, 3.8) is 0 Å². The van der Waals surface area contributed by atoms with Crippen molar-refractivity contribution in [1.82, 2.24) is 10.6 Å². The van der Waals surface area contributed by atoms with Gasteiger partial charge in [-0.05, 0) is 36.3 Å². The number of hydrogen-bond acceptors (Lipinski definition) is 4. The van der Waals surface area contributed by atoms with Crippen molar-refractivity contribution in [2.75, 3.05) is 13.2 Å². The lowest BCUT2D eigenvalue weighted by molar-refractivity contribution is -0.147. The molecule has 1 aromatic carbocycles. The number of benzene rings is 1. The van der Waals surface area contributed by atoms with Gasteiger partial charge in [0, 0.05) is 5.70 Å². The number of nitrogens with one attached hydrogen (secondary N) is 2. The van der Waals surface area contributed by atoms with E-state index in [9.17, 15) is 4.79 Å². The summed E-state index contributed by atoms with van der Waals surface area (Å²) in [4.78, 5) is 12.4. The first-order valence-corrected chi connectivity index (χ1v) is 8.74. The van der Waals surface area contributed by atoms with Crippen molar-refractivity contribution >= 4 is 23.3 Å². The number of unbranched alkanes of at least 4 members (excludes halogenated alkanes) is 1. The summed E-state index contributed by atoms with van der Waals surface area (Å²) in [7, 11) is 0. The molecular weight excluding hydrogens is 336 g/mol. The van der Waals surface area contributed by atoms with E-state index in [1.807, 2.05) is 24.3 Å². The third-order valence-corrected chi connectivity index (χ3v) is 4.09. The minimum atomic E-state index is -0.585. The maximum Gasteiger partial charge on any atom is 0.317 e. The van der Waals surface area contributed by atoms with Gasteiger partial charge in [-0.1, -0.05) is 44.7 Å². The monoisotopic (exact) mass is 360 g/mol. The summed E-state index contributed by atoms with van der Waals surface area (Å²) in [6.45, 7) is 10.5. The molecule has 25 heavy (non-hydrogen) atoms. The minimum Gasteiger partial charge on any atom is -0.494 e. The van der Waals surface area contributed by atoms with E-state index >= 15 is 0 Å². The summed E-state index contributed by atoms with van der Waals surface area (Å²) in [5, 5.41) is 6.48. The van der Waals surface area contributed by atoms with Gasteiger partial charge in [-0.3, -0.25) is 4.79 Å². The molecule has 0 unspecified atom stereocenters. The molecule has 0 amide bonds. The lowest BCUT2D eigenvalue weighted by Gasteiger charge is -2.34. The van der Waals surface area contributed by atoms with Gasteiger partial charge in [-0.25, -0.2) is 0 Å². The summed E-state index contributed by atoms with van der Waals surface area (Å²) < 4.78 is 10.9. The van der Waals surface area contributed by atoms with Gasteiger partial charge in [0.05, 0.1) is 12.6 Å². The molecule has 2 N–H and O–H groups in total. The molecule has 0 aromatic heterocycles. The van der Waals surface area contributed by atoms with Crippen LogP contribution < -0.4 is 15.4 Å². The first kappa shape index (κ1) is 19.0. The van der Waals surface area contributed by atoms with Crippen molar-refractivity contribution in [3.8, 4) is 5.75 Å². The summed E-state index contributed by atoms with van der Waals surface area (Å²) in [5.74, 6) is -0.155. The highest BCUT2D eigenvalue weighted by Crippen LogP contribution is 2.31. The van der Waals surface area contributed by atoms with E-state index in [2.05, 4.69) is 30.7 Å². The van der Waals surface area contributed by atoms with E-state index in [1.54, 1.807) is 0 Å². The fourth-order valence-corrected chi connectivity index (χ4v) is 2.83. The number of rotatable bonds is 8. The van der Waals surface area contributed by atoms with Crippen LogP contribution in [-0.2, 0) is 9.53 Å². The predicted octanol–water partition coefficient (Wildman–Crippen LogP) is 3.24. The zero-order chi connectivity index (χ0) is 18.2. The largest absolute Gasteiger partial charge is 0.494 e. The van der Waals surface area contributed by atoms with Gasteiger partial charge in [-0.2, -0.15) is 0 Å². The number of carbonyl (C=O) groups is 1. The van der Waals surface area contributed by atoms with Gasteiger partial charge in [0.25, 0.3) is 0 Å². The van der Waals surface area contributed by atoms with Crippen LogP contribution >= 0.6 is 12.2 Å². The molecule has 2 atom stereocenters. The highest BCUT2D eigenvalue weighted by Gasteiger charge is 2.37.